The summed E-state index contributed by atoms with van der Waals surface area (Å²) in [6.07, 6.45) is 3.45. The molecule has 0 aliphatic heterocycles. The Bertz CT molecular complexity index is 640. The molecule has 2 rings (SSSR count). The molecule has 0 bridgehead atoms. The van der Waals surface area contributed by atoms with Gasteiger partial charge in [-0.1, -0.05) is 38.8 Å². The maximum atomic E-state index is 12.6. The Balaban J connectivity index is 2.07. The summed E-state index contributed by atoms with van der Waals surface area (Å²) >= 11 is 6.19. The molecule has 0 saturated heterocycles. The van der Waals surface area contributed by atoms with Crippen LogP contribution in [0.4, 0.5) is 5.69 Å². The minimum absolute atomic E-state index is 0.0832. The predicted octanol–water partition coefficient (Wildman–Crippen LogP) is 3.57. The first-order valence-corrected chi connectivity index (χ1v) is 9.18. The number of benzene rings is 1. The third-order valence-electron chi connectivity index (χ3n) is 4.46. The summed E-state index contributed by atoms with van der Waals surface area (Å²) in [5, 5.41) is 6.25. The van der Waals surface area contributed by atoms with E-state index in [1.54, 1.807) is 18.2 Å². The molecule has 0 aromatic heterocycles. The smallest absolute Gasteiger partial charge is 0.253 e. The van der Waals surface area contributed by atoms with Gasteiger partial charge in [-0.2, -0.15) is 0 Å². The fraction of sp³-hybridized carbons (Fsp3) is 0.579. The molecule has 2 amide bonds. The summed E-state index contributed by atoms with van der Waals surface area (Å²) in [6.45, 7) is 6.58. The lowest BCUT2D eigenvalue weighted by Gasteiger charge is -2.20. The molecule has 1 aliphatic carbocycles. The molecule has 0 heterocycles. The molecule has 1 aliphatic rings. The second-order valence-corrected chi connectivity index (χ2v) is 8.39. The van der Waals surface area contributed by atoms with Gasteiger partial charge in [-0.05, 0) is 48.9 Å². The van der Waals surface area contributed by atoms with Gasteiger partial charge in [0.2, 0.25) is 5.91 Å². The summed E-state index contributed by atoms with van der Waals surface area (Å²) in [6, 6.07) is 5.06. The van der Waals surface area contributed by atoms with Gasteiger partial charge in [0.05, 0.1) is 10.6 Å². The van der Waals surface area contributed by atoms with Crippen molar-refractivity contribution in [1.82, 2.24) is 5.32 Å². The molecule has 1 fully saturated rings. The lowest BCUT2D eigenvalue weighted by Crippen LogP contribution is -2.40. The highest BCUT2D eigenvalue weighted by Gasteiger charge is 2.28. The number of amides is 2. The van der Waals surface area contributed by atoms with Crippen LogP contribution in [0.3, 0.4) is 0 Å². The third kappa shape index (κ3) is 5.72. The monoisotopic (exact) mass is 365 g/mol. The number of carbonyl (C=O) groups excluding carboxylic acids is 2. The number of rotatable bonds is 5. The lowest BCUT2D eigenvalue weighted by atomic mass is 9.92. The number of hydrogen-bond acceptors (Lipinski definition) is 3. The molecule has 0 radical (unpaired) electrons. The Morgan fingerprint density at radius 2 is 2.00 bits per heavy atom. The topological polar surface area (TPSA) is 84.2 Å². The Labute approximate surface area is 154 Å². The molecule has 5 nitrogen and oxygen atoms in total. The first kappa shape index (κ1) is 19.7. The zero-order chi connectivity index (χ0) is 18.6. The second kappa shape index (κ2) is 8.19. The van der Waals surface area contributed by atoms with E-state index < -0.39 is 0 Å². The third-order valence-corrected chi connectivity index (χ3v) is 4.79. The molecule has 2 atom stereocenters. The number of anilines is 1. The predicted molar refractivity (Wildman–Crippen MR) is 102 cm³/mol. The molecule has 4 N–H and O–H groups in total. The van der Waals surface area contributed by atoms with Crippen LogP contribution in [0.25, 0.3) is 0 Å². The van der Waals surface area contributed by atoms with Gasteiger partial charge in [0.25, 0.3) is 5.91 Å². The standard InChI is InChI=1S/C19H28ClN3O2/c1-19(2,3)10-17(24)22-13-7-8-15(20)14(9-13)18(25)23-16-6-4-5-12(16)11-21/h7-9,12,16H,4-6,10-11,21H2,1-3H3,(H,22,24)(H,23,25). The Hall–Kier alpha value is -1.59. The van der Waals surface area contributed by atoms with Crippen molar-refractivity contribution in [3.05, 3.63) is 28.8 Å². The average Bonchev–Trinajstić information content (AvgIpc) is 2.94. The zero-order valence-electron chi connectivity index (χ0n) is 15.2. The van der Waals surface area contributed by atoms with Gasteiger partial charge in [0.15, 0.2) is 0 Å². The highest BCUT2D eigenvalue weighted by molar-refractivity contribution is 6.34. The van der Waals surface area contributed by atoms with Crippen LogP contribution >= 0.6 is 11.6 Å². The van der Waals surface area contributed by atoms with Crippen LogP contribution in [-0.4, -0.2) is 24.4 Å². The van der Waals surface area contributed by atoms with Crippen molar-refractivity contribution in [1.29, 1.82) is 0 Å². The normalized spacial score (nSPS) is 20.4. The van der Waals surface area contributed by atoms with Crippen LogP contribution in [0, 0.1) is 11.3 Å². The van der Waals surface area contributed by atoms with Crippen LogP contribution in [-0.2, 0) is 4.79 Å². The first-order chi connectivity index (χ1) is 11.7. The molecule has 138 valence electrons. The van der Waals surface area contributed by atoms with E-state index in [9.17, 15) is 9.59 Å². The second-order valence-electron chi connectivity index (χ2n) is 7.99. The summed E-state index contributed by atoms with van der Waals surface area (Å²) in [4.78, 5) is 24.7. The Morgan fingerprint density at radius 1 is 1.28 bits per heavy atom. The highest BCUT2D eigenvalue weighted by atomic mass is 35.5. The molecule has 25 heavy (non-hydrogen) atoms. The van der Waals surface area contributed by atoms with Gasteiger partial charge < -0.3 is 16.4 Å². The molecule has 1 saturated carbocycles. The van der Waals surface area contributed by atoms with Gasteiger partial charge >= 0.3 is 0 Å². The quantitative estimate of drug-likeness (QED) is 0.745. The summed E-state index contributed by atoms with van der Waals surface area (Å²) < 4.78 is 0. The van der Waals surface area contributed by atoms with Crippen LogP contribution in [0.5, 0.6) is 0 Å². The van der Waals surface area contributed by atoms with Crippen molar-refractivity contribution in [3.63, 3.8) is 0 Å². The van der Waals surface area contributed by atoms with Crippen LogP contribution in [0.2, 0.25) is 5.02 Å². The minimum atomic E-state index is -0.220. The van der Waals surface area contributed by atoms with E-state index in [4.69, 9.17) is 17.3 Å². The first-order valence-electron chi connectivity index (χ1n) is 8.80. The minimum Gasteiger partial charge on any atom is -0.349 e. The van der Waals surface area contributed by atoms with Crippen molar-refractivity contribution in [3.8, 4) is 0 Å². The number of nitrogens with one attached hydrogen (secondary N) is 2. The maximum Gasteiger partial charge on any atom is 0.253 e. The summed E-state index contributed by atoms with van der Waals surface area (Å²) in [5.41, 5.74) is 6.62. The number of nitrogens with two attached hydrogens (primary N) is 1. The van der Waals surface area contributed by atoms with E-state index in [0.29, 0.717) is 35.2 Å². The molecule has 6 heteroatoms. The SMILES string of the molecule is CC(C)(C)CC(=O)Nc1ccc(Cl)c(C(=O)NC2CCCC2CN)c1. The Kier molecular flexibility index (Phi) is 6.47. The van der Waals surface area contributed by atoms with Crippen molar-refractivity contribution in [2.24, 2.45) is 17.1 Å². The van der Waals surface area contributed by atoms with E-state index in [1.807, 2.05) is 20.8 Å². The molecule has 2 unspecified atom stereocenters. The highest BCUT2D eigenvalue weighted by Crippen LogP contribution is 2.27. The molecule has 0 spiro atoms. The summed E-state index contributed by atoms with van der Waals surface area (Å²) in [7, 11) is 0. The fourth-order valence-corrected chi connectivity index (χ4v) is 3.42. The lowest BCUT2D eigenvalue weighted by molar-refractivity contribution is -0.117. The largest absolute Gasteiger partial charge is 0.349 e. The van der Waals surface area contributed by atoms with Gasteiger partial charge in [-0.15, -0.1) is 0 Å². The van der Waals surface area contributed by atoms with Crippen molar-refractivity contribution in [2.45, 2.75) is 52.5 Å². The average molecular weight is 366 g/mol. The Morgan fingerprint density at radius 3 is 2.64 bits per heavy atom. The van der Waals surface area contributed by atoms with Crippen LogP contribution < -0.4 is 16.4 Å². The zero-order valence-corrected chi connectivity index (χ0v) is 16.0. The van der Waals surface area contributed by atoms with Gasteiger partial charge in [-0.3, -0.25) is 9.59 Å². The van der Waals surface area contributed by atoms with E-state index >= 15 is 0 Å². The molecule has 1 aromatic carbocycles. The molecular weight excluding hydrogens is 338 g/mol. The van der Waals surface area contributed by atoms with Crippen molar-refractivity contribution < 1.29 is 9.59 Å². The maximum absolute atomic E-state index is 12.6. The van der Waals surface area contributed by atoms with E-state index in [1.165, 1.54) is 0 Å². The van der Waals surface area contributed by atoms with E-state index in [-0.39, 0.29) is 23.3 Å². The van der Waals surface area contributed by atoms with Crippen LogP contribution in [0.1, 0.15) is 56.8 Å². The number of carbonyl (C=O) groups is 2. The number of halogens is 1. The summed E-state index contributed by atoms with van der Waals surface area (Å²) in [5.74, 6) is 0.0137. The van der Waals surface area contributed by atoms with Crippen molar-refractivity contribution in [2.75, 3.05) is 11.9 Å². The van der Waals surface area contributed by atoms with Gasteiger partial charge in [-0.25, -0.2) is 0 Å². The molecule has 1 aromatic rings. The van der Waals surface area contributed by atoms with Gasteiger partial charge in [0, 0.05) is 18.2 Å². The van der Waals surface area contributed by atoms with Crippen LogP contribution in [0.15, 0.2) is 18.2 Å². The van der Waals surface area contributed by atoms with Gasteiger partial charge in [0.1, 0.15) is 0 Å². The van der Waals surface area contributed by atoms with E-state index in [2.05, 4.69) is 10.6 Å². The fourth-order valence-electron chi connectivity index (χ4n) is 3.22. The van der Waals surface area contributed by atoms with Crippen molar-refractivity contribution >= 4 is 29.1 Å². The van der Waals surface area contributed by atoms with E-state index in [0.717, 1.165) is 19.3 Å². The molecular formula is C19H28ClN3O2. The number of hydrogen-bond donors (Lipinski definition) is 3.